The number of hydrogen-bond donors (Lipinski definition) is 2. The summed E-state index contributed by atoms with van der Waals surface area (Å²) in [7, 11) is 3.97. The van der Waals surface area contributed by atoms with Crippen LogP contribution < -0.4 is 0 Å². The van der Waals surface area contributed by atoms with E-state index < -0.39 is 0 Å². The zero-order valence-corrected chi connectivity index (χ0v) is 15.9. The first-order valence-electron chi connectivity index (χ1n) is 9.17. The van der Waals surface area contributed by atoms with Gasteiger partial charge in [-0.15, -0.1) is 0 Å². The van der Waals surface area contributed by atoms with Crippen LogP contribution in [0, 0.1) is 5.82 Å². The molecule has 5 rings (SSSR count). The van der Waals surface area contributed by atoms with Crippen LogP contribution in [-0.2, 0) is 6.54 Å². The van der Waals surface area contributed by atoms with Crippen molar-refractivity contribution in [3.05, 3.63) is 60.3 Å². The summed E-state index contributed by atoms with van der Waals surface area (Å²) in [6.07, 6.45) is 5.15. The van der Waals surface area contributed by atoms with Gasteiger partial charge < -0.3 is 9.88 Å². The summed E-state index contributed by atoms with van der Waals surface area (Å²) in [6, 6.07) is 9.19. The quantitative estimate of drug-likeness (QED) is 0.490. The van der Waals surface area contributed by atoms with E-state index in [4.69, 9.17) is 0 Å². The molecule has 4 heterocycles. The van der Waals surface area contributed by atoms with E-state index in [0.29, 0.717) is 39.1 Å². The standard InChI is InChI=1S/C21H18FN7/c1-29(2)11-12-8-13(10-23-9-12)14-5-6-15-17(18(14)22)19(28-27-15)21-25-16-4-3-7-24-20(16)26-21/h3-10H,11H2,1-2H3,(H,27,28)(H,24,25,26). The van der Waals surface area contributed by atoms with Crippen LogP contribution in [0.4, 0.5) is 4.39 Å². The van der Waals surface area contributed by atoms with Crippen LogP contribution in [0.5, 0.6) is 0 Å². The monoisotopic (exact) mass is 387 g/mol. The number of imidazole rings is 1. The van der Waals surface area contributed by atoms with Gasteiger partial charge >= 0.3 is 0 Å². The Balaban J connectivity index is 1.66. The van der Waals surface area contributed by atoms with E-state index in [1.807, 2.05) is 43.3 Å². The second-order valence-corrected chi connectivity index (χ2v) is 7.20. The number of nitrogens with zero attached hydrogens (tertiary/aromatic N) is 5. The van der Waals surface area contributed by atoms with Gasteiger partial charge in [0.1, 0.15) is 17.0 Å². The largest absolute Gasteiger partial charge is 0.321 e. The number of nitrogens with one attached hydrogen (secondary N) is 2. The molecule has 0 aliphatic carbocycles. The topological polar surface area (TPSA) is 86.4 Å². The van der Waals surface area contributed by atoms with Crippen molar-refractivity contribution < 1.29 is 4.39 Å². The third kappa shape index (κ3) is 3.03. The molecule has 0 saturated carbocycles. The van der Waals surface area contributed by atoms with Crippen molar-refractivity contribution in [2.24, 2.45) is 0 Å². The summed E-state index contributed by atoms with van der Waals surface area (Å²) in [6.45, 7) is 0.730. The third-order valence-electron chi connectivity index (χ3n) is 4.75. The van der Waals surface area contributed by atoms with Crippen LogP contribution in [0.25, 0.3) is 44.7 Å². The number of pyridine rings is 2. The fraction of sp³-hybridized carbons (Fsp3) is 0.143. The lowest BCUT2D eigenvalue weighted by molar-refractivity contribution is 0.402. The van der Waals surface area contributed by atoms with Crippen molar-refractivity contribution in [2.45, 2.75) is 6.54 Å². The van der Waals surface area contributed by atoms with Crippen molar-refractivity contribution >= 4 is 22.1 Å². The highest BCUT2D eigenvalue weighted by atomic mass is 19.1. The molecule has 0 aliphatic rings. The van der Waals surface area contributed by atoms with Gasteiger partial charge in [-0.1, -0.05) is 0 Å². The second-order valence-electron chi connectivity index (χ2n) is 7.20. The van der Waals surface area contributed by atoms with Crippen molar-refractivity contribution in [2.75, 3.05) is 14.1 Å². The number of aromatic amines is 2. The Labute approximate surface area is 165 Å². The molecule has 4 aromatic heterocycles. The Morgan fingerprint density at radius 1 is 1.14 bits per heavy atom. The van der Waals surface area contributed by atoms with Gasteiger partial charge in [0.2, 0.25) is 0 Å². The van der Waals surface area contributed by atoms with Gasteiger partial charge in [-0.2, -0.15) is 5.10 Å². The average Bonchev–Trinajstić information content (AvgIpc) is 3.32. The van der Waals surface area contributed by atoms with Crippen LogP contribution in [0.15, 0.2) is 48.9 Å². The molecule has 0 bridgehead atoms. The molecule has 0 spiro atoms. The number of aromatic nitrogens is 6. The molecule has 0 saturated heterocycles. The molecule has 2 N–H and O–H groups in total. The number of benzene rings is 1. The Bertz CT molecular complexity index is 1300. The highest BCUT2D eigenvalue weighted by Crippen LogP contribution is 2.33. The maximum atomic E-state index is 15.6. The highest BCUT2D eigenvalue weighted by Gasteiger charge is 2.19. The Hall–Kier alpha value is -3.65. The van der Waals surface area contributed by atoms with E-state index >= 15 is 4.39 Å². The third-order valence-corrected chi connectivity index (χ3v) is 4.75. The molecule has 144 valence electrons. The Morgan fingerprint density at radius 3 is 2.86 bits per heavy atom. The minimum Gasteiger partial charge on any atom is -0.321 e. The van der Waals surface area contributed by atoms with Gasteiger partial charge in [0.25, 0.3) is 0 Å². The highest BCUT2D eigenvalue weighted by molar-refractivity contribution is 5.96. The van der Waals surface area contributed by atoms with Gasteiger partial charge in [0, 0.05) is 36.3 Å². The lowest BCUT2D eigenvalue weighted by Gasteiger charge is -2.11. The van der Waals surface area contributed by atoms with E-state index in [2.05, 4.69) is 30.1 Å². The summed E-state index contributed by atoms with van der Waals surface area (Å²) in [4.78, 5) is 18.2. The molecular formula is C21H18FN7. The fourth-order valence-corrected chi connectivity index (χ4v) is 3.51. The predicted octanol–water partition coefficient (Wildman–Crippen LogP) is 3.76. The maximum absolute atomic E-state index is 15.6. The summed E-state index contributed by atoms with van der Waals surface area (Å²) in [5.41, 5.74) is 4.58. The summed E-state index contributed by atoms with van der Waals surface area (Å²) < 4.78 is 15.6. The predicted molar refractivity (Wildman–Crippen MR) is 110 cm³/mol. The van der Waals surface area contributed by atoms with Crippen LogP contribution in [0.3, 0.4) is 0 Å². The van der Waals surface area contributed by atoms with Crippen LogP contribution in [0.1, 0.15) is 5.56 Å². The van der Waals surface area contributed by atoms with Gasteiger partial charge in [0.05, 0.1) is 10.9 Å². The van der Waals surface area contributed by atoms with Gasteiger partial charge in [-0.05, 0) is 50.0 Å². The molecule has 0 fully saturated rings. The van der Waals surface area contributed by atoms with Gasteiger partial charge in [-0.3, -0.25) is 10.1 Å². The minimum atomic E-state index is -0.358. The summed E-state index contributed by atoms with van der Waals surface area (Å²) in [5, 5.41) is 7.59. The summed E-state index contributed by atoms with van der Waals surface area (Å²) in [5.74, 6) is 0.115. The molecule has 0 unspecified atom stereocenters. The number of H-pyrrole nitrogens is 2. The van der Waals surface area contributed by atoms with Crippen molar-refractivity contribution in [3.63, 3.8) is 0 Å². The van der Waals surface area contributed by atoms with Gasteiger partial charge in [0.15, 0.2) is 11.5 Å². The first kappa shape index (κ1) is 17.4. The van der Waals surface area contributed by atoms with Crippen molar-refractivity contribution in [1.82, 2.24) is 35.0 Å². The zero-order valence-electron chi connectivity index (χ0n) is 15.9. The SMILES string of the molecule is CN(C)Cc1cncc(-c2ccc3[nH]nc(-c4nc5cccnc5[nH]4)c3c2F)c1. The number of halogens is 1. The molecule has 8 heteroatoms. The number of fused-ring (bicyclic) bond motifs is 2. The van der Waals surface area contributed by atoms with E-state index in [0.717, 1.165) is 17.7 Å². The van der Waals surface area contributed by atoms with E-state index in [9.17, 15) is 0 Å². The van der Waals surface area contributed by atoms with Crippen LogP contribution in [0.2, 0.25) is 0 Å². The Morgan fingerprint density at radius 2 is 2.03 bits per heavy atom. The molecule has 0 radical (unpaired) electrons. The number of rotatable bonds is 4. The second kappa shape index (κ2) is 6.75. The molecular weight excluding hydrogens is 369 g/mol. The van der Waals surface area contributed by atoms with Crippen molar-refractivity contribution in [1.29, 1.82) is 0 Å². The first-order valence-corrected chi connectivity index (χ1v) is 9.17. The first-order chi connectivity index (χ1) is 14.1. The summed E-state index contributed by atoms with van der Waals surface area (Å²) >= 11 is 0. The Kier molecular flexibility index (Phi) is 4.06. The van der Waals surface area contributed by atoms with Gasteiger partial charge in [-0.25, -0.2) is 14.4 Å². The average molecular weight is 387 g/mol. The maximum Gasteiger partial charge on any atom is 0.161 e. The minimum absolute atomic E-state index is 0.358. The smallest absolute Gasteiger partial charge is 0.161 e. The molecule has 0 atom stereocenters. The lowest BCUT2D eigenvalue weighted by Crippen LogP contribution is -2.10. The lowest BCUT2D eigenvalue weighted by atomic mass is 10.0. The molecule has 0 amide bonds. The molecule has 1 aromatic carbocycles. The van der Waals surface area contributed by atoms with Crippen molar-refractivity contribution in [3.8, 4) is 22.6 Å². The molecule has 5 aromatic rings. The van der Waals surface area contributed by atoms with E-state index in [-0.39, 0.29) is 5.82 Å². The van der Waals surface area contributed by atoms with E-state index in [1.54, 1.807) is 24.7 Å². The molecule has 0 aliphatic heterocycles. The molecule has 29 heavy (non-hydrogen) atoms. The number of hydrogen-bond acceptors (Lipinski definition) is 5. The van der Waals surface area contributed by atoms with Crippen LogP contribution in [-0.4, -0.2) is 49.1 Å². The van der Waals surface area contributed by atoms with E-state index in [1.165, 1.54) is 0 Å². The normalized spacial score (nSPS) is 11.7. The van der Waals surface area contributed by atoms with Crippen LogP contribution >= 0.6 is 0 Å². The fourth-order valence-electron chi connectivity index (χ4n) is 3.51. The molecule has 7 nitrogen and oxygen atoms in total. The zero-order chi connectivity index (χ0) is 20.0.